The van der Waals surface area contributed by atoms with Crippen LogP contribution in [0.1, 0.15) is 21.6 Å². The summed E-state index contributed by atoms with van der Waals surface area (Å²) in [6.07, 6.45) is -2.49. The van der Waals surface area contributed by atoms with Crippen LogP contribution in [0.2, 0.25) is 0 Å². The van der Waals surface area contributed by atoms with Crippen molar-refractivity contribution in [2.45, 2.75) is 12.7 Å². The molecule has 1 amide bonds. The number of para-hydroxylation sites is 1. The first-order chi connectivity index (χ1) is 15.7. The van der Waals surface area contributed by atoms with E-state index in [-0.39, 0.29) is 12.2 Å². The van der Waals surface area contributed by atoms with Crippen LogP contribution >= 0.6 is 0 Å². The SMILES string of the molecule is Cn1ccc2cc(-c3c(C(N)=O)n(Cc4cccc(C(F)(F)F)c4)c4ccccc34)ccc21. The molecule has 3 aromatic carbocycles. The average molecular weight is 447 g/mol. The molecule has 0 aliphatic carbocycles. The number of nitrogens with two attached hydrogens (primary N) is 1. The number of nitrogens with zero attached hydrogens (tertiary/aromatic N) is 2. The van der Waals surface area contributed by atoms with Gasteiger partial charge in [0.1, 0.15) is 5.69 Å². The highest BCUT2D eigenvalue weighted by atomic mass is 19.4. The van der Waals surface area contributed by atoms with Crippen LogP contribution in [0.15, 0.2) is 79.0 Å². The molecule has 5 rings (SSSR count). The minimum Gasteiger partial charge on any atom is -0.364 e. The van der Waals surface area contributed by atoms with E-state index in [0.29, 0.717) is 11.1 Å². The number of benzene rings is 3. The van der Waals surface area contributed by atoms with Crippen molar-refractivity contribution in [1.82, 2.24) is 9.13 Å². The van der Waals surface area contributed by atoms with Crippen LogP contribution in [0.3, 0.4) is 0 Å². The van der Waals surface area contributed by atoms with Gasteiger partial charge in [0, 0.05) is 47.2 Å². The zero-order valence-electron chi connectivity index (χ0n) is 17.7. The van der Waals surface area contributed by atoms with Crippen LogP contribution in [0.25, 0.3) is 32.9 Å². The van der Waals surface area contributed by atoms with Crippen LogP contribution in [0, 0.1) is 0 Å². The van der Waals surface area contributed by atoms with Crippen molar-refractivity contribution in [1.29, 1.82) is 0 Å². The molecule has 0 aliphatic heterocycles. The third kappa shape index (κ3) is 3.55. The van der Waals surface area contributed by atoms with Gasteiger partial charge in [0.25, 0.3) is 5.91 Å². The van der Waals surface area contributed by atoms with Crippen molar-refractivity contribution < 1.29 is 18.0 Å². The van der Waals surface area contributed by atoms with E-state index in [0.717, 1.165) is 39.5 Å². The number of halogens is 3. The maximum absolute atomic E-state index is 13.2. The van der Waals surface area contributed by atoms with Gasteiger partial charge in [-0.05, 0) is 47.5 Å². The van der Waals surface area contributed by atoms with Crippen molar-refractivity contribution in [3.63, 3.8) is 0 Å². The van der Waals surface area contributed by atoms with E-state index in [1.54, 1.807) is 10.6 Å². The number of alkyl halides is 3. The Bertz CT molecular complexity index is 1530. The fraction of sp³-hybridized carbons (Fsp3) is 0.115. The molecule has 0 fully saturated rings. The van der Waals surface area contributed by atoms with E-state index >= 15 is 0 Å². The summed E-state index contributed by atoms with van der Waals surface area (Å²) in [7, 11) is 1.96. The van der Waals surface area contributed by atoms with Gasteiger partial charge in [-0.1, -0.05) is 36.4 Å². The van der Waals surface area contributed by atoms with Crippen molar-refractivity contribution in [3.05, 3.63) is 95.8 Å². The summed E-state index contributed by atoms with van der Waals surface area (Å²) in [5, 5.41) is 1.83. The number of rotatable bonds is 4. The van der Waals surface area contributed by atoms with Gasteiger partial charge in [-0.3, -0.25) is 4.79 Å². The summed E-state index contributed by atoms with van der Waals surface area (Å²) in [4.78, 5) is 12.7. The molecule has 166 valence electrons. The molecule has 4 nitrogen and oxygen atoms in total. The largest absolute Gasteiger partial charge is 0.416 e. The van der Waals surface area contributed by atoms with Gasteiger partial charge >= 0.3 is 6.18 Å². The second kappa shape index (κ2) is 7.55. The van der Waals surface area contributed by atoms with Gasteiger partial charge < -0.3 is 14.9 Å². The van der Waals surface area contributed by atoms with Gasteiger partial charge in [0.2, 0.25) is 0 Å². The fourth-order valence-corrected chi connectivity index (χ4v) is 4.48. The minimum atomic E-state index is -4.45. The third-order valence-electron chi connectivity index (χ3n) is 5.97. The van der Waals surface area contributed by atoms with Crippen LogP contribution in [-0.4, -0.2) is 15.0 Å². The lowest BCUT2D eigenvalue weighted by atomic mass is 10.00. The van der Waals surface area contributed by atoms with Crippen molar-refractivity contribution >= 4 is 27.7 Å². The smallest absolute Gasteiger partial charge is 0.364 e. The third-order valence-corrected chi connectivity index (χ3v) is 5.97. The number of amides is 1. The van der Waals surface area contributed by atoms with Gasteiger partial charge in [0.05, 0.1) is 5.56 Å². The van der Waals surface area contributed by atoms with Crippen molar-refractivity contribution in [2.24, 2.45) is 12.8 Å². The Morgan fingerprint density at radius 1 is 0.939 bits per heavy atom. The molecule has 33 heavy (non-hydrogen) atoms. The lowest BCUT2D eigenvalue weighted by Crippen LogP contribution is -2.18. The Kier molecular flexibility index (Phi) is 4.78. The van der Waals surface area contributed by atoms with Gasteiger partial charge in [-0.15, -0.1) is 0 Å². The van der Waals surface area contributed by atoms with E-state index in [1.165, 1.54) is 6.07 Å². The maximum Gasteiger partial charge on any atom is 0.416 e. The highest BCUT2D eigenvalue weighted by Gasteiger charge is 2.30. The van der Waals surface area contributed by atoms with E-state index in [1.807, 2.05) is 66.3 Å². The quantitative estimate of drug-likeness (QED) is 0.363. The predicted octanol–water partition coefficient (Wildman–Crippen LogP) is 5.97. The summed E-state index contributed by atoms with van der Waals surface area (Å²) in [6, 6.07) is 20.5. The Hall–Kier alpha value is -4.00. The molecule has 0 bridgehead atoms. The van der Waals surface area contributed by atoms with Gasteiger partial charge in [-0.2, -0.15) is 13.2 Å². The zero-order valence-corrected chi connectivity index (χ0v) is 17.7. The number of carbonyl (C=O) groups is 1. The number of fused-ring (bicyclic) bond motifs is 2. The van der Waals surface area contributed by atoms with Gasteiger partial charge in [-0.25, -0.2) is 0 Å². The standard InChI is InChI=1S/C26H20F3N3O/c1-31-12-11-17-14-18(9-10-21(17)31)23-20-7-2-3-8-22(20)32(24(23)25(30)33)15-16-5-4-6-19(13-16)26(27,28)29/h2-14H,15H2,1H3,(H2,30,33). The predicted molar refractivity (Wildman–Crippen MR) is 123 cm³/mol. The van der Waals surface area contributed by atoms with Crippen molar-refractivity contribution in [3.8, 4) is 11.1 Å². The van der Waals surface area contributed by atoms with Crippen LogP contribution in [0.4, 0.5) is 13.2 Å². The molecule has 0 aliphatic rings. The molecular formula is C26H20F3N3O. The molecule has 2 heterocycles. The molecule has 0 saturated carbocycles. The fourth-order valence-electron chi connectivity index (χ4n) is 4.48. The number of hydrogen-bond acceptors (Lipinski definition) is 1. The Labute approximate surface area is 187 Å². The monoisotopic (exact) mass is 447 g/mol. The number of primary amides is 1. The van der Waals surface area contributed by atoms with Gasteiger partial charge in [0.15, 0.2) is 0 Å². The summed E-state index contributed by atoms with van der Waals surface area (Å²) < 4.78 is 43.4. The summed E-state index contributed by atoms with van der Waals surface area (Å²) in [5.41, 5.74) is 9.08. The summed E-state index contributed by atoms with van der Waals surface area (Å²) in [5.74, 6) is -0.638. The Morgan fingerprint density at radius 3 is 2.48 bits per heavy atom. The van der Waals surface area contributed by atoms with Crippen LogP contribution < -0.4 is 5.73 Å². The van der Waals surface area contributed by atoms with E-state index in [2.05, 4.69) is 0 Å². The molecule has 2 N–H and O–H groups in total. The number of carbonyl (C=O) groups excluding carboxylic acids is 1. The molecule has 0 spiro atoms. The van der Waals surface area contributed by atoms with E-state index in [9.17, 15) is 18.0 Å². The second-order valence-electron chi connectivity index (χ2n) is 8.09. The molecule has 0 saturated heterocycles. The highest BCUT2D eigenvalue weighted by Crippen LogP contribution is 2.37. The lowest BCUT2D eigenvalue weighted by molar-refractivity contribution is -0.137. The average Bonchev–Trinajstić information content (AvgIpc) is 3.31. The van der Waals surface area contributed by atoms with E-state index in [4.69, 9.17) is 5.73 Å². The van der Waals surface area contributed by atoms with E-state index < -0.39 is 17.6 Å². The molecule has 2 aromatic heterocycles. The molecule has 5 aromatic rings. The molecule has 0 unspecified atom stereocenters. The van der Waals surface area contributed by atoms with Crippen molar-refractivity contribution in [2.75, 3.05) is 0 Å². The molecule has 0 atom stereocenters. The maximum atomic E-state index is 13.2. The number of aryl methyl sites for hydroxylation is 1. The van der Waals surface area contributed by atoms with Crippen LogP contribution in [0.5, 0.6) is 0 Å². The zero-order chi connectivity index (χ0) is 23.3. The first kappa shape index (κ1) is 20.9. The van der Waals surface area contributed by atoms with Crippen LogP contribution in [-0.2, 0) is 19.8 Å². The highest BCUT2D eigenvalue weighted by molar-refractivity contribution is 6.10. The topological polar surface area (TPSA) is 52.9 Å². The summed E-state index contributed by atoms with van der Waals surface area (Å²) in [6.45, 7) is 0.0797. The Balaban J connectivity index is 1.73. The lowest BCUT2D eigenvalue weighted by Gasteiger charge is -2.12. The number of aromatic nitrogens is 2. The first-order valence-electron chi connectivity index (χ1n) is 10.4. The molecule has 7 heteroatoms. The first-order valence-corrected chi connectivity index (χ1v) is 10.4. The Morgan fingerprint density at radius 2 is 1.73 bits per heavy atom. The number of hydrogen-bond donors (Lipinski definition) is 1. The second-order valence-corrected chi connectivity index (χ2v) is 8.09. The minimum absolute atomic E-state index is 0.0797. The summed E-state index contributed by atoms with van der Waals surface area (Å²) >= 11 is 0. The normalized spacial score (nSPS) is 12.0. The molecule has 0 radical (unpaired) electrons. The molecular weight excluding hydrogens is 427 g/mol.